The Kier molecular flexibility index (Phi) is 3.83. The van der Waals surface area contributed by atoms with Gasteiger partial charge in [-0.25, -0.2) is 0 Å². The zero-order chi connectivity index (χ0) is 14.0. The summed E-state index contributed by atoms with van der Waals surface area (Å²) in [6, 6.07) is 5.66. The molecule has 3 nitrogen and oxygen atoms in total. The quantitative estimate of drug-likeness (QED) is 0.788. The van der Waals surface area contributed by atoms with Crippen molar-refractivity contribution in [3.8, 4) is 0 Å². The van der Waals surface area contributed by atoms with E-state index < -0.39 is 0 Å². The molecular formula is C16H24N2O. The molecule has 1 aromatic rings. The van der Waals surface area contributed by atoms with Crippen LogP contribution < -0.4 is 5.73 Å². The summed E-state index contributed by atoms with van der Waals surface area (Å²) in [6.07, 6.45) is 3.31. The number of benzene rings is 1. The number of hydrogen-bond acceptors (Lipinski definition) is 2. The molecule has 1 aromatic carbocycles. The standard InChI is InChI=1S/C16H24N2O/c1-12-5-6-14(17)13(11-12)15(19)18-9-4-7-16(2,3)8-10-18/h5-6,11H,4,7-10,17H2,1-3H3. The molecule has 0 aliphatic carbocycles. The van der Waals surface area contributed by atoms with Crippen LogP contribution in [-0.4, -0.2) is 23.9 Å². The van der Waals surface area contributed by atoms with Crippen LogP contribution in [0.3, 0.4) is 0 Å². The molecule has 1 amide bonds. The number of rotatable bonds is 1. The smallest absolute Gasteiger partial charge is 0.255 e. The topological polar surface area (TPSA) is 46.3 Å². The molecule has 0 aromatic heterocycles. The third-order valence-corrected chi connectivity index (χ3v) is 4.07. The number of likely N-dealkylation sites (tertiary alicyclic amines) is 1. The van der Waals surface area contributed by atoms with Gasteiger partial charge in [-0.2, -0.15) is 0 Å². The Morgan fingerprint density at radius 2 is 2.00 bits per heavy atom. The first-order valence-corrected chi connectivity index (χ1v) is 7.04. The van der Waals surface area contributed by atoms with Gasteiger partial charge in [-0.3, -0.25) is 4.79 Å². The molecule has 2 N–H and O–H groups in total. The van der Waals surface area contributed by atoms with Gasteiger partial charge < -0.3 is 10.6 Å². The summed E-state index contributed by atoms with van der Waals surface area (Å²) in [7, 11) is 0. The highest BCUT2D eigenvalue weighted by molar-refractivity contribution is 5.99. The van der Waals surface area contributed by atoms with E-state index in [0.717, 1.165) is 31.5 Å². The van der Waals surface area contributed by atoms with Crippen LogP contribution in [0.15, 0.2) is 18.2 Å². The van der Waals surface area contributed by atoms with E-state index in [2.05, 4.69) is 13.8 Å². The van der Waals surface area contributed by atoms with Crippen molar-refractivity contribution in [3.63, 3.8) is 0 Å². The highest BCUT2D eigenvalue weighted by Crippen LogP contribution is 2.30. The minimum atomic E-state index is 0.0823. The molecule has 1 saturated heterocycles. The number of aryl methyl sites for hydroxylation is 1. The number of nitrogen functional groups attached to an aromatic ring is 1. The molecule has 2 rings (SSSR count). The summed E-state index contributed by atoms with van der Waals surface area (Å²) in [6.45, 7) is 8.22. The van der Waals surface area contributed by atoms with Gasteiger partial charge in [-0.1, -0.05) is 25.5 Å². The summed E-state index contributed by atoms with van der Waals surface area (Å²) >= 11 is 0. The molecule has 3 heteroatoms. The average molecular weight is 260 g/mol. The van der Waals surface area contributed by atoms with Gasteiger partial charge in [0.05, 0.1) is 5.56 Å². The molecular weight excluding hydrogens is 236 g/mol. The number of carbonyl (C=O) groups excluding carboxylic acids is 1. The fourth-order valence-corrected chi connectivity index (χ4v) is 2.65. The minimum absolute atomic E-state index is 0.0823. The molecule has 0 saturated carbocycles. The molecule has 0 spiro atoms. The molecule has 1 fully saturated rings. The second kappa shape index (κ2) is 5.24. The fourth-order valence-electron chi connectivity index (χ4n) is 2.65. The highest BCUT2D eigenvalue weighted by atomic mass is 16.2. The van der Waals surface area contributed by atoms with Crippen LogP contribution in [-0.2, 0) is 0 Å². The summed E-state index contributed by atoms with van der Waals surface area (Å²) in [5.41, 5.74) is 8.59. The molecule has 1 heterocycles. The summed E-state index contributed by atoms with van der Waals surface area (Å²) in [5.74, 6) is 0.0823. The maximum absolute atomic E-state index is 12.6. The van der Waals surface area contributed by atoms with Crippen LogP contribution in [0.1, 0.15) is 49.0 Å². The zero-order valence-corrected chi connectivity index (χ0v) is 12.2. The summed E-state index contributed by atoms with van der Waals surface area (Å²) < 4.78 is 0. The van der Waals surface area contributed by atoms with Crippen LogP contribution in [0, 0.1) is 12.3 Å². The highest BCUT2D eigenvalue weighted by Gasteiger charge is 2.26. The molecule has 0 atom stereocenters. The van der Waals surface area contributed by atoms with Crippen molar-refractivity contribution in [2.75, 3.05) is 18.8 Å². The van der Waals surface area contributed by atoms with E-state index >= 15 is 0 Å². The third kappa shape index (κ3) is 3.28. The van der Waals surface area contributed by atoms with Crippen molar-refractivity contribution in [1.82, 2.24) is 4.90 Å². The predicted molar refractivity (Wildman–Crippen MR) is 79.1 cm³/mol. The zero-order valence-electron chi connectivity index (χ0n) is 12.2. The Bertz CT molecular complexity index is 480. The molecule has 19 heavy (non-hydrogen) atoms. The van der Waals surface area contributed by atoms with Crippen molar-refractivity contribution >= 4 is 11.6 Å². The van der Waals surface area contributed by atoms with Gasteiger partial charge in [0.25, 0.3) is 5.91 Å². The number of nitrogens with zero attached hydrogens (tertiary/aromatic N) is 1. The number of amides is 1. The van der Waals surface area contributed by atoms with Gasteiger partial charge in [-0.15, -0.1) is 0 Å². The van der Waals surface area contributed by atoms with Crippen LogP contribution >= 0.6 is 0 Å². The van der Waals surface area contributed by atoms with Gasteiger partial charge in [-0.05, 0) is 43.7 Å². The molecule has 0 radical (unpaired) electrons. The van der Waals surface area contributed by atoms with E-state index in [1.54, 1.807) is 0 Å². The van der Waals surface area contributed by atoms with Crippen LogP contribution in [0.25, 0.3) is 0 Å². The van der Waals surface area contributed by atoms with Gasteiger partial charge in [0.15, 0.2) is 0 Å². The van der Waals surface area contributed by atoms with Crippen molar-refractivity contribution < 1.29 is 4.79 Å². The Morgan fingerprint density at radius 3 is 2.74 bits per heavy atom. The lowest BCUT2D eigenvalue weighted by atomic mass is 9.85. The Balaban J connectivity index is 2.17. The van der Waals surface area contributed by atoms with E-state index in [-0.39, 0.29) is 5.91 Å². The van der Waals surface area contributed by atoms with Gasteiger partial charge in [0, 0.05) is 18.8 Å². The van der Waals surface area contributed by atoms with E-state index in [1.165, 1.54) is 6.42 Å². The Labute approximate surface area is 115 Å². The van der Waals surface area contributed by atoms with E-state index in [4.69, 9.17) is 5.73 Å². The average Bonchev–Trinajstić information content (AvgIpc) is 2.52. The SMILES string of the molecule is Cc1ccc(N)c(C(=O)N2CCCC(C)(C)CC2)c1. The largest absolute Gasteiger partial charge is 0.398 e. The molecule has 1 aliphatic rings. The molecule has 0 bridgehead atoms. The Hall–Kier alpha value is -1.51. The van der Waals surface area contributed by atoms with Crippen molar-refractivity contribution in [1.29, 1.82) is 0 Å². The Morgan fingerprint density at radius 1 is 1.26 bits per heavy atom. The fraction of sp³-hybridized carbons (Fsp3) is 0.562. The van der Waals surface area contributed by atoms with Crippen molar-refractivity contribution in [2.45, 2.75) is 40.0 Å². The number of carbonyl (C=O) groups is 1. The number of nitrogens with two attached hydrogens (primary N) is 1. The second-order valence-electron chi connectivity index (χ2n) is 6.40. The first-order chi connectivity index (χ1) is 8.89. The first kappa shape index (κ1) is 13.9. The van der Waals surface area contributed by atoms with Crippen LogP contribution in [0.4, 0.5) is 5.69 Å². The minimum Gasteiger partial charge on any atom is -0.398 e. The maximum Gasteiger partial charge on any atom is 0.255 e. The normalized spacial score (nSPS) is 19.0. The predicted octanol–water partition coefficient (Wildman–Crippen LogP) is 3.23. The third-order valence-electron chi connectivity index (χ3n) is 4.07. The number of hydrogen-bond donors (Lipinski definition) is 1. The maximum atomic E-state index is 12.6. The molecule has 0 unspecified atom stereocenters. The monoisotopic (exact) mass is 260 g/mol. The van der Waals surface area contributed by atoms with E-state index in [1.807, 2.05) is 30.0 Å². The molecule has 1 aliphatic heterocycles. The van der Waals surface area contributed by atoms with Crippen LogP contribution in [0.2, 0.25) is 0 Å². The van der Waals surface area contributed by atoms with Crippen molar-refractivity contribution in [3.05, 3.63) is 29.3 Å². The first-order valence-electron chi connectivity index (χ1n) is 7.04. The lowest BCUT2D eigenvalue weighted by Gasteiger charge is -2.24. The van der Waals surface area contributed by atoms with Gasteiger partial charge in [0.1, 0.15) is 0 Å². The van der Waals surface area contributed by atoms with Gasteiger partial charge >= 0.3 is 0 Å². The van der Waals surface area contributed by atoms with E-state index in [9.17, 15) is 4.79 Å². The second-order valence-corrected chi connectivity index (χ2v) is 6.40. The lowest BCUT2D eigenvalue weighted by Crippen LogP contribution is -2.33. The van der Waals surface area contributed by atoms with E-state index in [0.29, 0.717) is 16.7 Å². The van der Waals surface area contributed by atoms with Crippen LogP contribution in [0.5, 0.6) is 0 Å². The molecule has 104 valence electrons. The van der Waals surface area contributed by atoms with Gasteiger partial charge in [0.2, 0.25) is 0 Å². The summed E-state index contributed by atoms with van der Waals surface area (Å²) in [5, 5.41) is 0. The lowest BCUT2D eigenvalue weighted by molar-refractivity contribution is 0.0758. The summed E-state index contributed by atoms with van der Waals surface area (Å²) in [4.78, 5) is 14.5. The number of anilines is 1. The van der Waals surface area contributed by atoms with Crippen molar-refractivity contribution in [2.24, 2.45) is 5.41 Å².